The Labute approximate surface area is 117 Å². The summed E-state index contributed by atoms with van der Waals surface area (Å²) in [4.78, 5) is 11.9. The summed E-state index contributed by atoms with van der Waals surface area (Å²) in [5.74, 6) is 1.55. The van der Waals surface area contributed by atoms with Crippen LogP contribution in [0.2, 0.25) is 0 Å². The van der Waals surface area contributed by atoms with E-state index in [9.17, 15) is 4.79 Å². The van der Waals surface area contributed by atoms with Gasteiger partial charge in [-0.25, -0.2) is 4.79 Å². The van der Waals surface area contributed by atoms with Gasteiger partial charge in [-0.15, -0.1) is 10.2 Å². The Morgan fingerprint density at radius 2 is 2.25 bits per heavy atom. The number of urea groups is 1. The van der Waals surface area contributed by atoms with Crippen molar-refractivity contribution in [3.05, 3.63) is 36.3 Å². The van der Waals surface area contributed by atoms with Crippen molar-refractivity contribution in [2.75, 3.05) is 0 Å². The molecule has 2 amide bonds. The number of nitrogens with one attached hydrogen (secondary N) is 2. The Balaban J connectivity index is 1.81. The minimum atomic E-state index is -0.237. The third kappa shape index (κ3) is 3.59. The highest BCUT2D eigenvalue weighted by atomic mass is 16.3. The molecule has 2 atom stereocenters. The molecule has 0 aliphatic carbocycles. The molecular weight excluding hydrogens is 258 g/mol. The number of carbonyl (C=O) groups is 1. The Bertz CT molecular complexity index is 549. The van der Waals surface area contributed by atoms with Crippen LogP contribution in [0.15, 0.2) is 29.1 Å². The van der Waals surface area contributed by atoms with Gasteiger partial charge in [-0.05, 0) is 26.0 Å². The summed E-state index contributed by atoms with van der Waals surface area (Å²) in [5, 5.41) is 13.4. The van der Waals surface area contributed by atoms with E-state index in [0.717, 1.165) is 5.76 Å². The molecule has 2 heterocycles. The molecule has 0 fully saturated rings. The van der Waals surface area contributed by atoms with E-state index in [0.29, 0.717) is 12.2 Å². The van der Waals surface area contributed by atoms with E-state index in [1.54, 1.807) is 17.2 Å². The highest BCUT2D eigenvalue weighted by Crippen LogP contribution is 2.07. The Morgan fingerprint density at radius 3 is 2.85 bits per heavy atom. The molecule has 0 radical (unpaired) electrons. The fraction of sp³-hybridized carbons (Fsp3) is 0.462. The molecule has 2 rings (SSSR count). The number of rotatable bonds is 5. The van der Waals surface area contributed by atoms with Crippen molar-refractivity contribution in [1.82, 2.24) is 25.4 Å². The van der Waals surface area contributed by atoms with Crippen LogP contribution in [0.25, 0.3) is 0 Å². The zero-order valence-corrected chi connectivity index (χ0v) is 11.8. The summed E-state index contributed by atoms with van der Waals surface area (Å²) in [5.41, 5.74) is 0. The van der Waals surface area contributed by atoms with Gasteiger partial charge in [0.2, 0.25) is 0 Å². The number of nitrogens with zero attached hydrogens (tertiary/aromatic N) is 3. The van der Waals surface area contributed by atoms with Crippen molar-refractivity contribution < 1.29 is 9.21 Å². The first-order valence-corrected chi connectivity index (χ1v) is 6.49. The van der Waals surface area contributed by atoms with Crippen LogP contribution in [0.5, 0.6) is 0 Å². The molecule has 0 bridgehead atoms. The van der Waals surface area contributed by atoms with Gasteiger partial charge in [0.1, 0.15) is 12.1 Å². The Kier molecular flexibility index (Phi) is 4.39. The van der Waals surface area contributed by atoms with Crippen LogP contribution >= 0.6 is 0 Å². The minimum absolute atomic E-state index is 0.0205. The number of hydrogen-bond donors (Lipinski definition) is 2. The lowest BCUT2D eigenvalue weighted by atomic mass is 10.2. The molecule has 0 spiro atoms. The summed E-state index contributed by atoms with van der Waals surface area (Å²) in [7, 11) is 1.84. The van der Waals surface area contributed by atoms with Crippen molar-refractivity contribution in [2.45, 2.75) is 32.4 Å². The summed E-state index contributed by atoms with van der Waals surface area (Å²) in [6.07, 6.45) is 3.88. The van der Waals surface area contributed by atoms with Crippen LogP contribution in [0, 0.1) is 0 Å². The van der Waals surface area contributed by atoms with Gasteiger partial charge in [-0.3, -0.25) is 0 Å². The van der Waals surface area contributed by atoms with Crippen molar-refractivity contribution in [3.63, 3.8) is 0 Å². The predicted molar refractivity (Wildman–Crippen MR) is 73.0 cm³/mol. The lowest BCUT2D eigenvalue weighted by Gasteiger charge is -2.17. The first kappa shape index (κ1) is 14.1. The number of amides is 2. The second-order valence-electron chi connectivity index (χ2n) is 4.82. The number of aromatic nitrogens is 3. The SMILES string of the molecule is C[C@H](Cc1ccco1)NC(=O)N[C@H](C)c1nncn1C. The maximum Gasteiger partial charge on any atom is 0.315 e. The molecule has 2 N–H and O–H groups in total. The zero-order chi connectivity index (χ0) is 14.5. The average molecular weight is 277 g/mol. The van der Waals surface area contributed by atoms with Gasteiger partial charge in [-0.2, -0.15) is 0 Å². The summed E-state index contributed by atoms with van der Waals surface area (Å²) >= 11 is 0. The standard InChI is InChI=1S/C13H19N5O2/c1-9(7-11-5-4-6-20-11)15-13(19)16-10(2)12-17-14-8-18(12)3/h4-6,8-10H,7H2,1-3H3,(H2,15,16,19)/t9-,10-/m1/s1. The third-order valence-corrected chi connectivity index (χ3v) is 2.95. The molecule has 2 aromatic heterocycles. The van der Waals surface area contributed by atoms with Crippen LogP contribution in [-0.4, -0.2) is 26.8 Å². The molecule has 7 heteroatoms. The van der Waals surface area contributed by atoms with Crippen LogP contribution in [-0.2, 0) is 13.5 Å². The first-order valence-electron chi connectivity index (χ1n) is 6.49. The number of aryl methyl sites for hydroxylation is 1. The highest BCUT2D eigenvalue weighted by Gasteiger charge is 2.15. The Morgan fingerprint density at radius 1 is 1.45 bits per heavy atom. The maximum absolute atomic E-state index is 11.9. The smallest absolute Gasteiger partial charge is 0.315 e. The van der Waals surface area contributed by atoms with Gasteiger partial charge in [0, 0.05) is 19.5 Å². The van der Waals surface area contributed by atoms with Gasteiger partial charge in [-0.1, -0.05) is 0 Å². The predicted octanol–water partition coefficient (Wildman–Crippen LogP) is 1.40. The van der Waals surface area contributed by atoms with E-state index in [1.807, 2.05) is 33.0 Å². The van der Waals surface area contributed by atoms with E-state index in [2.05, 4.69) is 20.8 Å². The first-order chi connectivity index (χ1) is 9.56. The maximum atomic E-state index is 11.9. The fourth-order valence-corrected chi connectivity index (χ4v) is 1.99. The normalized spacial score (nSPS) is 13.8. The summed E-state index contributed by atoms with van der Waals surface area (Å²) < 4.78 is 7.02. The minimum Gasteiger partial charge on any atom is -0.469 e. The highest BCUT2D eigenvalue weighted by molar-refractivity contribution is 5.74. The van der Waals surface area contributed by atoms with Crippen molar-refractivity contribution in [3.8, 4) is 0 Å². The Hall–Kier alpha value is -2.31. The van der Waals surface area contributed by atoms with E-state index < -0.39 is 0 Å². The van der Waals surface area contributed by atoms with E-state index in [1.165, 1.54) is 0 Å². The van der Waals surface area contributed by atoms with Crippen molar-refractivity contribution in [1.29, 1.82) is 0 Å². The van der Waals surface area contributed by atoms with Crippen LogP contribution in [0.4, 0.5) is 4.79 Å². The van der Waals surface area contributed by atoms with Crippen LogP contribution < -0.4 is 10.6 Å². The van der Waals surface area contributed by atoms with Gasteiger partial charge < -0.3 is 19.6 Å². The van der Waals surface area contributed by atoms with Crippen molar-refractivity contribution in [2.24, 2.45) is 7.05 Å². The van der Waals surface area contributed by atoms with E-state index in [-0.39, 0.29) is 18.1 Å². The quantitative estimate of drug-likeness (QED) is 0.865. The van der Waals surface area contributed by atoms with E-state index >= 15 is 0 Å². The lowest BCUT2D eigenvalue weighted by Crippen LogP contribution is -2.43. The third-order valence-electron chi connectivity index (χ3n) is 2.95. The summed E-state index contributed by atoms with van der Waals surface area (Å²) in [6.45, 7) is 3.79. The monoisotopic (exact) mass is 277 g/mol. The van der Waals surface area contributed by atoms with Gasteiger partial charge in [0.05, 0.1) is 12.3 Å². The topological polar surface area (TPSA) is 85.0 Å². The summed E-state index contributed by atoms with van der Waals surface area (Å²) in [6, 6.07) is 3.25. The molecular formula is C13H19N5O2. The molecule has 0 saturated carbocycles. The van der Waals surface area contributed by atoms with E-state index in [4.69, 9.17) is 4.42 Å². The number of hydrogen-bond acceptors (Lipinski definition) is 4. The number of carbonyl (C=O) groups excluding carboxylic acids is 1. The zero-order valence-electron chi connectivity index (χ0n) is 11.8. The molecule has 0 aliphatic heterocycles. The largest absolute Gasteiger partial charge is 0.469 e. The fourth-order valence-electron chi connectivity index (χ4n) is 1.99. The van der Waals surface area contributed by atoms with Crippen molar-refractivity contribution >= 4 is 6.03 Å². The molecule has 108 valence electrons. The second kappa shape index (κ2) is 6.23. The molecule has 20 heavy (non-hydrogen) atoms. The molecule has 2 aromatic rings. The lowest BCUT2D eigenvalue weighted by molar-refractivity contribution is 0.233. The second-order valence-corrected chi connectivity index (χ2v) is 4.82. The van der Waals surface area contributed by atoms with Gasteiger partial charge >= 0.3 is 6.03 Å². The van der Waals surface area contributed by atoms with Gasteiger partial charge in [0.15, 0.2) is 5.82 Å². The van der Waals surface area contributed by atoms with Gasteiger partial charge in [0.25, 0.3) is 0 Å². The molecule has 0 aromatic carbocycles. The molecule has 0 aliphatic rings. The molecule has 0 unspecified atom stereocenters. The molecule has 7 nitrogen and oxygen atoms in total. The average Bonchev–Trinajstić information content (AvgIpc) is 2.99. The number of furan rings is 1. The molecule has 0 saturated heterocycles. The van der Waals surface area contributed by atoms with Crippen LogP contribution in [0.1, 0.15) is 31.5 Å². The van der Waals surface area contributed by atoms with Crippen LogP contribution in [0.3, 0.4) is 0 Å².